The summed E-state index contributed by atoms with van der Waals surface area (Å²) >= 11 is 3.39. The van der Waals surface area contributed by atoms with Crippen LogP contribution in [-0.4, -0.2) is 20.6 Å². The topological polar surface area (TPSA) is 63.2 Å². The first-order chi connectivity index (χ1) is 9.77. The van der Waals surface area contributed by atoms with Crippen molar-refractivity contribution in [3.63, 3.8) is 0 Å². The van der Waals surface area contributed by atoms with Gasteiger partial charge in [0.15, 0.2) is 9.84 Å². The van der Waals surface area contributed by atoms with Crippen molar-refractivity contribution in [2.24, 2.45) is 0 Å². The van der Waals surface area contributed by atoms with E-state index in [1.54, 1.807) is 0 Å². The smallest absolute Gasteiger partial charge is 0.255 e. The molecule has 0 radical (unpaired) electrons. The Morgan fingerprint density at radius 3 is 2.24 bits per heavy atom. The van der Waals surface area contributed by atoms with E-state index in [-0.39, 0.29) is 10.8 Å². The van der Waals surface area contributed by atoms with Crippen LogP contribution in [0, 0.1) is 6.92 Å². The monoisotopic (exact) mass is 367 g/mol. The van der Waals surface area contributed by atoms with Crippen LogP contribution >= 0.6 is 15.9 Å². The number of carbonyl (C=O) groups is 1. The molecule has 1 N–H and O–H groups in total. The van der Waals surface area contributed by atoms with Crippen molar-refractivity contribution >= 4 is 37.4 Å². The van der Waals surface area contributed by atoms with E-state index in [2.05, 4.69) is 21.2 Å². The lowest BCUT2D eigenvalue weighted by Gasteiger charge is -2.08. The number of aryl methyl sites for hydroxylation is 1. The van der Waals surface area contributed by atoms with E-state index in [1.807, 2.05) is 25.1 Å². The number of amides is 1. The Balaban J connectivity index is 2.21. The predicted octanol–water partition coefficient (Wildman–Crippen LogP) is 3.41. The van der Waals surface area contributed by atoms with Crippen LogP contribution in [0.1, 0.15) is 15.9 Å². The van der Waals surface area contributed by atoms with E-state index in [0.717, 1.165) is 16.3 Å². The second-order valence-electron chi connectivity index (χ2n) is 4.73. The first-order valence-electron chi connectivity index (χ1n) is 6.15. The third-order valence-electron chi connectivity index (χ3n) is 2.92. The van der Waals surface area contributed by atoms with Crippen LogP contribution in [0.5, 0.6) is 0 Å². The predicted molar refractivity (Wildman–Crippen MR) is 86.4 cm³/mol. The second kappa shape index (κ2) is 5.99. The third-order valence-corrected chi connectivity index (χ3v) is 4.70. The molecule has 0 heterocycles. The largest absolute Gasteiger partial charge is 0.321 e. The normalized spacial score (nSPS) is 11.2. The highest BCUT2D eigenvalue weighted by atomic mass is 79.9. The number of rotatable bonds is 3. The quantitative estimate of drug-likeness (QED) is 0.903. The van der Waals surface area contributed by atoms with Crippen molar-refractivity contribution in [3.8, 4) is 0 Å². The minimum Gasteiger partial charge on any atom is -0.321 e. The lowest BCUT2D eigenvalue weighted by molar-refractivity contribution is 0.102. The Morgan fingerprint density at radius 2 is 1.71 bits per heavy atom. The molecule has 0 saturated carbocycles. The highest BCUT2D eigenvalue weighted by Gasteiger charge is 2.11. The van der Waals surface area contributed by atoms with Gasteiger partial charge in [-0.2, -0.15) is 0 Å². The summed E-state index contributed by atoms with van der Waals surface area (Å²) in [6.45, 7) is 1.96. The number of anilines is 1. The standard InChI is InChI=1S/C15H14BrNO3S/c1-10-3-8-14(13(16)9-10)17-15(18)11-4-6-12(7-5-11)21(2,19)20/h3-9H,1-2H3,(H,17,18). The number of hydrogen-bond acceptors (Lipinski definition) is 3. The molecule has 0 bridgehead atoms. The highest BCUT2D eigenvalue weighted by Crippen LogP contribution is 2.24. The van der Waals surface area contributed by atoms with Gasteiger partial charge in [0.1, 0.15) is 0 Å². The summed E-state index contributed by atoms with van der Waals surface area (Å²) in [6.07, 6.45) is 1.13. The van der Waals surface area contributed by atoms with Crippen molar-refractivity contribution in [1.82, 2.24) is 0 Å². The Bertz CT molecular complexity index is 783. The van der Waals surface area contributed by atoms with Gasteiger partial charge in [0, 0.05) is 16.3 Å². The Hall–Kier alpha value is -1.66. The van der Waals surface area contributed by atoms with Crippen LogP contribution in [0.4, 0.5) is 5.69 Å². The average Bonchev–Trinajstić information content (AvgIpc) is 2.41. The van der Waals surface area contributed by atoms with Gasteiger partial charge in [-0.15, -0.1) is 0 Å². The molecule has 0 aromatic heterocycles. The molecule has 21 heavy (non-hydrogen) atoms. The molecule has 0 saturated heterocycles. The summed E-state index contributed by atoms with van der Waals surface area (Å²) in [7, 11) is -3.25. The molecular formula is C15H14BrNO3S. The highest BCUT2D eigenvalue weighted by molar-refractivity contribution is 9.10. The van der Waals surface area contributed by atoms with E-state index in [9.17, 15) is 13.2 Å². The van der Waals surface area contributed by atoms with Gasteiger partial charge in [-0.05, 0) is 64.8 Å². The first kappa shape index (κ1) is 15.7. The third kappa shape index (κ3) is 3.92. The first-order valence-corrected chi connectivity index (χ1v) is 8.83. The zero-order valence-corrected chi connectivity index (χ0v) is 14.0. The van der Waals surface area contributed by atoms with Crippen LogP contribution < -0.4 is 5.32 Å². The Kier molecular flexibility index (Phi) is 4.49. The molecule has 0 spiro atoms. The summed E-state index contributed by atoms with van der Waals surface area (Å²) in [5.74, 6) is -0.292. The summed E-state index contributed by atoms with van der Waals surface area (Å²) in [4.78, 5) is 12.3. The van der Waals surface area contributed by atoms with Crippen LogP contribution in [0.2, 0.25) is 0 Å². The number of sulfone groups is 1. The molecule has 0 unspecified atom stereocenters. The zero-order valence-electron chi connectivity index (χ0n) is 11.6. The van der Waals surface area contributed by atoms with E-state index >= 15 is 0 Å². The maximum atomic E-state index is 12.1. The van der Waals surface area contributed by atoms with Crippen molar-refractivity contribution < 1.29 is 13.2 Å². The van der Waals surface area contributed by atoms with Crippen LogP contribution in [0.25, 0.3) is 0 Å². The number of halogens is 1. The van der Waals surface area contributed by atoms with Gasteiger partial charge in [0.25, 0.3) is 5.91 Å². The van der Waals surface area contributed by atoms with Crippen LogP contribution in [-0.2, 0) is 9.84 Å². The lowest BCUT2D eigenvalue weighted by Crippen LogP contribution is -2.12. The minimum absolute atomic E-state index is 0.190. The average molecular weight is 368 g/mol. The fraction of sp³-hybridized carbons (Fsp3) is 0.133. The second-order valence-corrected chi connectivity index (χ2v) is 7.60. The molecule has 4 nitrogen and oxygen atoms in total. The van der Waals surface area contributed by atoms with E-state index in [0.29, 0.717) is 11.3 Å². The molecule has 2 aromatic carbocycles. The Labute approximate surface area is 132 Å². The minimum atomic E-state index is -3.25. The summed E-state index contributed by atoms with van der Waals surface area (Å²) < 4.78 is 23.5. The molecule has 0 aliphatic heterocycles. The Morgan fingerprint density at radius 1 is 1.10 bits per heavy atom. The number of carbonyl (C=O) groups excluding carboxylic acids is 1. The van der Waals surface area contributed by atoms with Crippen molar-refractivity contribution in [2.45, 2.75) is 11.8 Å². The maximum Gasteiger partial charge on any atom is 0.255 e. The molecule has 0 aliphatic rings. The van der Waals surface area contributed by atoms with Gasteiger partial charge in [-0.3, -0.25) is 4.79 Å². The molecule has 6 heteroatoms. The van der Waals surface area contributed by atoms with E-state index in [4.69, 9.17) is 0 Å². The van der Waals surface area contributed by atoms with Crippen molar-refractivity contribution in [1.29, 1.82) is 0 Å². The van der Waals surface area contributed by atoms with Crippen LogP contribution in [0.15, 0.2) is 51.8 Å². The molecule has 110 valence electrons. The molecule has 1 amide bonds. The summed E-state index contributed by atoms with van der Waals surface area (Å²) in [6, 6.07) is 11.4. The molecule has 0 aliphatic carbocycles. The molecule has 0 fully saturated rings. The summed E-state index contributed by atoms with van der Waals surface area (Å²) in [5, 5.41) is 2.78. The molecule has 2 aromatic rings. The van der Waals surface area contributed by atoms with Gasteiger partial charge >= 0.3 is 0 Å². The molecule has 2 rings (SSSR count). The number of benzene rings is 2. The van der Waals surface area contributed by atoms with Gasteiger partial charge in [0.05, 0.1) is 10.6 Å². The van der Waals surface area contributed by atoms with Gasteiger partial charge in [-0.1, -0.05) is 6.07 Å². The number of hydrogen-bond donors (Lipinski definition) is 1. The number of nitrogens with one attached hydrogen (secondary N) is 1. The molecule has 0 atom stereocenters. The van der Waals surface area contributed by atoms with E-state index in [1.165, 1.54) is 24.3 Å². The van der Waals surface area contributed by atoms with Crippen molar-refractivity contribution in [2.75, 3.05) is 11.6 Å². The maximum absolute atomic E-state index is 12.1. The molecular weight excluding hydrogens is 354 g/mol. The lowest BCUT2D eigenvalue weighted by atomic mass is 10.2. The van der Waals surface area contributed by atoms with Gasteiger partial charge < -0.3 is 5.32 Å². The van der Waals surface area contributed by atoms with Gasteiger partial charge in [0.2, 0.25) is 0 Å². The zero-order chi connectivity index (χ0) is 15.6. The van der Waals surface area contributed by atoms with Crippen molar-refractivity contribution in [3.05, 3.63) is 58.1 Å². The summed E-state index contributed by atoms with van der Waals surface area (Å²) in [5.41, 5.74) is 2.14. The van der Waals surface area contributed by atoms with E-state index < -0.39 is 9.84 Å². The van der Waals surface area contributed by atoms with Gasteiger partial charge in [-0.25, -0.2) is 8.42 Å². The fourth-order valence-electron chi connectivity index (χ4n) is 1.77. The van der Waals surface area contributed by atoms with Crippen LogP contribution in [0.3, 0.4) is 0 Å². The SMILES string of the molecule is Cc1ccc(NC(=O)c2ccc(S(C)(=O)=O)cc2)c(Br)c1. The fourth-order valence-corrected chi connectivity index (χ4v) is 2.99.